The van der Waals surface area contributed by atoms with E-state index in [-0.39, 0.29) is 17.5 Å². The van der Waals surface area contributed by atoms with Gasteiger partial charge in [0.2, 0.25) is 0 Å². The van der Waals surface area contributed by atoms with Gasteiger partial charge in [0.1, 0.15) is 0 Å². The molecule has 0 bridgehead atoms. The summed E-state index contributed by atoms with van der Waals surface area (Å²) in [7, 11) is 1.60. The maximum atomic E-state index is 12.9. The van der Waals surface area contributed by atoms with E-state index in [2.05, 4.69) is 21.5 Å². The van der Waals surface area contributed by atoms with Gasteiger partial charge in [0.25, 0.3) is 11.5 Å². The summed E-state index contributed by atoms with van der Waals surface area (Å²) in [4.78, 5) is 29.8. The van der Waals surface area contributed by atoms with Crippen molar-refractivity contribution in [1.82, 2.24) is 20.1 Å². The standard InChI is InChI=1S/C23H25N5O3/c1-3-5-18(15-31-2)26-22(29)19-6-4-13-25-21(19)28-14-20(23(30)27-28)17-9-7-16(8-10-17)11-12-24/h4,6-10,13-14,18H,3,5,11,15H2,1-2H3,(H,26,29)(H,27,30)/t18-/m0/s1. The molecule has 3 rings (SSSR count). The minimum atomic E-state index is -0.298. The molecule has 2 aromatic heterocycles. The van der Waals surface area contributed by atoms with Crippen molar-refractivity contribution < 1.29 is 9.53 Å². The molecule has 0 aliphatic rings. The number of nitriles is 1. The van der Waals surface area contributed by atoms with Gasteiger partial charge in [-0.2, -0.15) is 5.26 Å². The molecule has 1 amide bonds. The molecule has 8 nitrogen and oxygen atoms in total. The monoisotopic (exact) mass is 419 g/mol. The lowest BCUT2D eigenvalue weighted by Gasteiger charge is -2.18. The molecule has 0 saturated heterocycles. The van der Waals surface area contributed by atoms with Gasteiger partial charge in [-0.3, -0.25) is 14.7 Å². The van der Waals surface area contributed by atoms with Crippen molar-refractivity contribution in [2.75, 3.05) is 13.7 Å². The molecule has 0 radical (unpaired) electrons. The Labute approximate surface area is 180 Å². The first kappa shape index (κ1) is 22.0. The number of hydrogen-bond acceptors (Lipinski definition) is 5. The summed E-state index contributed by atoms with van der Waals surface area (Å²) in [5.41, 5.74) is 2.09. The first-order chi connectivity index (χ1) is 15.1. The molecule has 8 heteroatoms. The van der Waals surface area contributed by atoms with E-state index in [1.54, 1.807) is 43.8 Å². The average molecular weight is 419 g/mol. The minimum absolute atomic E-state index is 0.109. The predicted molar refractivity (Wildman–Crippen MR) is 117 cm³/mol. The Morgan fingerprint density at radius 1 is 1.32 bits per heavy atom. The number of hydrogen-bond donors (Lipinski definition) is 2. The molecule has 0 aliphatic carbocycles. The number of amides is 1. The fraction of sp³-hybridized carbons (Fsp3) is 0.304. The molecule has 0 fully saturated rings. The molecule has 1 aromatic carbocycles. The van der Waals surface area contributed by atoms with Gasteiger partial charge in [-0.25, -0.2) is 9.67 Å². The lowest BCUT2D eigenvalue weighted by molar-refractivity contribution is 0.0891. The molecule has 31 heavy (non-hydrogen) atoms. The maximum absolute atomic E-state index is 12.9. The lowest BCUT2D eigenvalue weighted by Crippen LogP contribution is -2.38. The number of nitrogens with one attached hydrogen (secondary N) is 2. The molecule has 1 atom stereocenters. The second kappa shape index (κ2) is 10.4. The zero-order chi connectivity index (χ0) is 22.2. The van der Waals surface area contributed by atoms with E-state index in [9.17, 15) is 9.59 Å². The van der Waals surface area contributed by atoms with Crippen LogP contribution in [0.3, 0.4) is 0 Å². The van der Waals surface area contributed by atoms with Crippen LogP contribution in [0.4, 0.5) is 0 Å². The summed E-state index contributed by atoms with van der Waals surface area (Å²) in [5, 5.41) is 14.5. The van der Waals surface area contributed by atoms with Crippen LogP contribution in [0.25, 0.3) is 16.9 Å². The Hall–Kier alpha value is -3.70. The van der Waals surface area contributed by atoms with Crippen molar-refractivity contribution in [2.45, 2.75) is 32.2 Å². The molecule has 0 unspecified atom stereocenters. The number of rotatable bonds is 9. The van der Waals surface area contributed by atoms with Crippen LogP contribution in [0, 0.1) is 11.3 Å². The molecule has 2 heterocycles. The number of nitrogens with zero attached hydrogens (tertiary/aromatic N) is 3. The Bertz CT molecular complexity index is 1120. The highest BCUT2D eigenvalue weighted by molar-refractivity contribution is 5.97. The molecule has 2 N–H and O–H groups in total. The zero-order valence-electron chi connectivity index (χ0n) is 17.6. The van der Waals surface area contributed by atoms with E-state index < -0.39 is 0 Å². The molecular weight excluding hydrogens is 394 g/mol. The normalized spacial score (nSPS) is 11.6. The number of H-pyrrole nitrogens is 1. The number of aromatic nitrogens is 3. The smallest absolute Gasteiger partial charge is 0.272 e. The highest BCUT2D eigenvalue weighted by Crippen LogP contribution is 2.19. The molecule has 0 aliphatic heterocycles. The molecule has 3 aromatic rings. The number of carbonyl (C=O) groups excluding carboxylic acids is 1. The maximum Gasteiger partial charge on any atom is 0.272 e. The Morgan fingerprint density at radius 2 is 2.10 bits per heavy atom. The second-order valence-electron chi connectivity index (χ2n) is 7.17. The number of pyridine rings is 1. The molecule has 0 saturated carbocycles. The van der Waals surface area contributed by atoms with Gasteiger partial charge in [0.05, 0.1) is 36.3 Å². The van der Waals surface area contributed by atoms with Crippen LogP contribution in [-0.2, 0) is 11.2 Å². The third-order valence-electron chi connectivity index (χ3n) is 4.87. The summed E-state index contributed by atoms with van der Waals surface area (Å²) >= 11 is 0. The third kappa shape index (κ3) is 5.27. The predicted octanol–water partition coefficient (Wildman–Crippen LogP) is 2.84. The van der Waals surface area contributed by atoms with Gasteiger partial charge >= 0.3 is 0 Å². The van der Waals surface area contributed by atoms with Gasteiger partial charge in [0.15, 0.2) is 5.82 Å². The molecule has 0 spiro atoms. The summed E-state index contributed by atoms with van der Waals surface area (Å²) in [5.74, 6) is 0.0488. The van der Waals surface area contributed by atoms with Crippen LogP contribution in [-0.4, -0.2) is 40.4 Å². The molecular formula is C23H25N5O3. The fourth-order valence-corrected chi connectivity index (χ4v) is 3.38. The van der Waals surface area contributed by atoms with Crippen LogP contribution in [0.2, 0.25) is 0 Å². The Balaban J connectivity index is 1.91. The topological polar surface area (TPSA) is 113 Å². The highest BCUT2D eigenvalue weighted by atomic mass is 16.5. The Kier molecular flexibility index (Phi) is 7.35. The van der Waals surface area contributed by atoms with E-state index in [1.807, 2.05) is 19.1 Å². The van der Waals surface area contributed by atoms with Crippen molar-refractivity contribution in [3.05, 3.63) is 70.3 Å². The number of ether oxygens (including phenoxy) is 1. The molecule has 160 valence electrons. The zero-order valence-corrected chi connectivity index (χ0v) is 17.6. The second-order valence-corrected chi connectivity index (χ2v) is 7.17. The van der Waals surface area contributed by atoms with Gasteiger partial charge < -0.3 is 10.1 Å². The highest BCUT2D eigenvalue weighted by Gasteiger charge is 2.19. The number of methoxy groups -OCH3 is 1. The summed E-state index contributed by atoms with van der Waals surface area (Å²) in [6.45, 7) is 2.46. The van der Waals surface area contributed by atoms with Gasteiger partial charge in [-0.05, 0) is 29.7 Å². The largest absolute Gasteiger partial charge is 0.383 e. The number of carbonyl (C=O) groups is 1. The van der Waals surface area contributed by atoms with Crippen LogP contribution in [0.1, 0.15) is 35.7 Å². The minimum Gasteiger partial charge on any atom is -0.383 e. The van der Waals surface area contributed by atoms with Gasteiger partial charge in [-0.1, -0.05) is 37.6 Å². The van der Waals surface area contributed by atoms with Crippen LogP contribution < -0.4 is 10.9 Å². The van der Waals surface area contributed by atoms with Crippen molar-refractivity contribution in [2.24, 2.45) is 0 Å². The van der Waals surface area contributed by atoms with Gasteiger partial charge in [-0.15, -0.1) is 0 Å². The van der Waals surface area contributed by atoms with E-state index in [4.69, 9.17) is 10.00 Å². The third-order valence-corrected chi connectivity index (χ3v) is 4.87. The fourth-order valence-electron chi connectivity index (χ4n) is 3.38. The van der Waals surface area contributed by atoms with Crippen molar-refractivity contribution in [3.63, 3.8) is 0 Å². The van der Waals surface area contributed by atoms with Crippen molar-refractivity contribution in [3.8, 4) is 23.0 Å². The van der Waals surface area contributed by atoms with E-state index in [0.717, 1.165) is 18.4 Å². The van der Waals surface area contributed by atoms with Crippen LogP contribution in [0.5, 0.6) is 0 Å². The Morgan fingerprint density at radius 3 is 2.77 bits per heavy atom. The van der Waals surface area contributed by atoms with Crippen molar-refractivity contribution in [1.29, 1.82) is 5.26 Å². The van der Waals surface area contributed by atoms with E-state index in [0.29, 0.717) is 35.5 Å². The van der Waals surface area contributed by atoms with Gasteiger partial charge in [0, 0.05) is 19.5 Å². The first-order valence-corrected chi connectivity index (χ1v) is 10.1. The SMILES string of the molecule is CCC[C@@H](COC)NC(=O)c1cccnc1-n1cc(-c2ccc(CC#N)cc2)c(=O)[nH]1. The average Bonchev–Trinajstić information content (AvgIpc) is 3.16. The quantitative estimate of drug-likeness (QED) is 0.554. The lowest BCUT2D eigenvalue weighted by atomic mass is 10.1. The summed E-state index contributed by atoms with van der Waals surface area (Å²) in [6, 6.07) is 12.6. The van der Waals surface area contributed by atoms with E-state index in [1.165, 1.54) is 4.68 Å². The van der Waals surface area contributed by atoms with Crippen LogP contribution in [0.15, 0.2) is 53.6 Å². The summed E-state index contributed by atoms with van der Waals surface area (Å²) < 4.78 is 6.66. The number of aromatic amines is 1. The van der Waals surface area contributed by atoms with Crippen LogP contribution >= 0.6 is 0 Å². The summed E-state index contributed by atoms with van der Waals surface area (Å²) in [6.07, 6.45) is 5.21. The van der Waals surface area contributed by atoms with E-state index >= 15 is 0 Å². The number of benzene rings is 1. The van der Waals surface area contributed by atoms with Crippen molar-refractivity contribution >= 4 is 5.91 Å². The first-order valence-electron chi connectivity index (χ1n) is 10.1.